The average Bonchev–Trinajstić information content (AvgIpc) is 3.25. The van der Waals surface area contributed by atoms with Crippen LogP contribution >= 0.6 is 0 Å². The highest BCUT2D eigenvalue weighted by Gasteiger charge is 2.52. The van der Waals surface area contributed by atoms with Crippen molar-refractivity contribution in [2.75, 3.05) is 72.4 Å². The van der Waals surface area contributed by atoms with E-state index in [0.717, 1.165) is 9.91 Å². The van der Waals surface area contributed by atoms with Gasteiger partial charge in [-0.1, -0.05) is 0 Å². The Hall–Kier alpha value is -2.55. The van der Waals surface area contributed by atoms with Crippen molar-refractivity contribution >= 4 is 17.7 Å². The molecule has 4 aliphatic heterocycles. The zero-order valence-corrected chi connectivity index (χ0v) is 34.8. The lowest BCUT2D eigenvalue weighted by molar-refractivity contribution is -0.365. The Balaban J connectivity index is 1.52. The van der Waals surface area contributed by atoms with Gasteiger partial charge >= 0.3 is 0 Å². The summed E-state index contributed by atoms with van der Waals surface area (Å²) in [7, 11) is 0. The van der Waals surface area contributed by atoms with Gasteiger partial charge in [-0.2, -0.15) is 0 Å². The largest absolute Gasteiger partial charge is 0.396 e. The second kappa shape index (κ2) is 25.7. The fourth-order valence-corrected chi connectivity index (χ4v) is 7.29. The molecule has 4 saturated heterocycles. The number of hydrogen-bond acceptors (Lipinski definition) is 27. The molecule has 0 unspecified atom stereocenters. The van der Waals surface area contributed by atoms with Gasteiger partial charge in [0.1, 0.15) is 91.6 Å². The van der Waals surface area contributed by atoms with Gasteiger partial charge in [0.25, 0.3) is 0 Å². The van der Waals surface area contributed by atoms with Crippen molar-refractivity contribution in [1.29, 1.82) is 0 Å². The van der Waals surface area contributed by atoms with Crippen molar-refractivity contribution in [3.8, 4) is 0 Å². The van der Waals surface area contributed by atoms with E-state index >= 15 is 0 Å². The van der Waals surface area contributed by atoms with Gasteiger partial charge in [-0.15, -0.1) is 0 Å². The Labute approximate surface area is 369 Å². The molecule has 20 atom stereocenters. The van der Waals surface area contributed by atoms with Crippen molar-refractivity contribution in [3.05, 3.63) is 0 Å². The van der Waals surface area contributed by atoms with Gasteiger partial charge in [0.2, 0.25) is 17.7 Å². The normalized spacial score (nSPS) is 40.2. The first-order valence-electron chi connectivity index (χ1n) is 20.5. The first-order chi connectivity index (χ1) is 30.7. The average molecular weight is 954 g/mol. The molecule has 4 aliphatic rings. The first-order valence-corrected chi connectivity index (χ1v) is 20.5. The van der Waals surface area contributed by atoms with Crippen LogP contribution in [0.5, 0.6) is 0 Å². The van der Waals surface area contributed by atoms with E-state index in [9.17, 15) is 85.9 Å². The summed E-state index contributed by atoms with van der Waals surface area (Å²) in [5.41, 5.74) is 12.9. The minimum Gasteiger partial charge on any atom is -0.396 e. The molecule has 378 valence electrons. The van der Waals surface area contributed by atoms with Gasteiger partial charge in [-0.05, 0) is 6.42 Å². The minimum atomic E-state index is -1.99. The maximum atomic E-state index is 13.2. The molecular weight excluding hydrogens is 890 g/mol. The second-order valence-corrected chi connectivity index (χ2v) is 15.7. The van der Waals surface area contributed by atoms with Crippen LogP contribution in [-0.2, 0) is 52.3 Å². The van der Waals surface area contributed by atoms with Crippen molar-refractivity contribution in [2.24, 2.45) is 11.5 Å². The van der Waals surface area contributed by atoms with Gasteiger partial charge in [-0.3, -0.25) is 24.7 Å². The highest BCUT2D eigenvalue weighted by Crippen LogP contribution is 2.32. The molecule has 4 heterocycles. The topological polar surface area (TPSA) is 479 Å². The number of hydrazine groups is 1. The number of aliphatic hydroxyl groups is 14. The molecule has 30 nitrogen and oxygen atoms in total. The van der Waals surface area contributed by atoms with Crippen LogP contribution in [0.25, 0.3) is 0 Å². The molecule has 0 radical (unpaired) electrons. The Morgan fingerprint density at radius 3 is 1.42 bits per heavy atom. The molecule has 0 spiro atoms. The van der Waals surface area contributed by atoms with Crippen LogP contribution in [0.2, 0.25) is 0 Å². The van der Waals surface area contributed by atoms with E-state index in [1.54, 1.807) is 0 Å². The number of rotatable bonds is 24. The number of ether oxygens (including phenoxy) is 8. The maximum absolute atomic E-state index is 13.2. The zero-order valence-electron chi connectivity index (χ0n) is 34.8. The van der Waals surface area contributed by atoms with E-state index in [1.165, 1.54) is 0 Å². The van der Waals surface area contributed by atoms with Crippen molar-refractivity contribution in [3.63, 3.8) is 0 Å². The summed E-state index contributed by atoms with van der Waals surface area (Å²) in [4.78, 5) is 37.4. The SMILES string of the molecule is NC(=O)CN(CC(N)=O)CC(=O)NN(CCO[C@H]1O[C@H](CO)[C@@H](O)[C@H](O)[C@@H]1O)CCO[C@H]1O[C@H](CO[C@H]2O[C@H](CO)[C@@H](O)[C@H](O)[C@@H]2O)[C@@H](O)[C@H](O[C@H]2O[C@H](CCO)[C@@H](O)[C@H](O)[C@@H]2O)[C@@H]1O. The summed E-state index contributed by atoms with van der Waals surface area (Å²) < 4.78 is 44.7. The van der Waals surface area contributed by atoms with E-state index < -0.39 is 200 Å². The van der Waals surface area contributed by atoms with Crippen LogP contribution in [0.3, 0.4) is 0 Å². The Bertz CT molecular complexity index is 1460. The number of amides is 3. The van der Waals surface area contributed by atoms with Gasteiger partial charge in [-0.25, -0.2) is 5.01 Å². The van der Waals surface area contributed by atoms with Gasteiger partial charge in [0.15, 0.2) is 25.2 Å². The summed E-state index contributed by atoms with van der Waals surface area (Å²) in [5, 5.41) is 146. The summed E-state index contributed by atoms with van der Waals surface area (Å²) in [6.07, 6.45) is -34.8. The van der Waals surface area contributed by atoms with E-state index in [4.69, 9.17) is 49.4 Å². The summed E-state index contributed by atoms with van der Waals surface area (Å²) in [6, 6.07) is 0. The lowest BCUT2D eigenvalue weighted by Crippen LogP contribution is -2.65. The van der Waals surface area contributed by atoms with Crippen LogP contribution in [0.15, 0.2) is 0 Å². The predicted octanol–water partition coefficient (Wildman–Crippen LogP) is -12.7. The molecule has 0 aromatic rings. The number of hydrogen-bond donors (Lipinski definition) is 17. The number of carbonyl (C=O) groups excluding carboxylic acids is 3. The molecule has 4 rings (SSSR count). The molecule has 0 aromatic carbocycles. The Morgan fingerprint density at radius 2 is 0.938 bits per heavy atom. The van der Waals surface area contributed by atoms with E-state index in [-0.39, 0.29) is 19.5 Å². The molecule has 0 aromatic heterocycles. The van der Waals surface area contributed by atoms with E-state index in [1.807, 2.05) is 0 Å². The third kappa shape index (κ3) is 14.7. The maximum Gasteiger partial charge on any atom is 0.248 e. The molecule has 19 N–H and O–H groups in total. The molecule has 3 amide bonds. The van der Waals surface area contributed by atoms with Gasteiger partial charge < -0.3 is 121 Å². The lowest BCUT2D eigenvalue weighted by atomic mass is 9.95. The lowest BCUT2D eigenvalue weighted by Gasteiger charge is -2.46. The smallest absolute Gasteiger partial charge is 0.248 e. The number of carbonyl (C=O) groups is 3. The molecule has 65 heavy (non-hydrogen) atoms. The third-order valence-corrected chi connectivity index (χ3v) is 10.8. The van der Waals surface area contributed by atoms with Gasteiger partial charge in [0, 0.05) is 19.7 Å². The number of nitrogens with zero attached hydrogens (tertiary/aromatic N) is 2. The molecule has 4 fully saturated rings. The summed E-state index contributed by atoms with van der Waals surface area (Å²) in [5.74, 6) is -2.62. The monoisotopic (exact) mass is 953 g/mol. The van der Waals surface area contributed by atoms with E-state index in [0.29, 0.717) is 0 Å². The van der Waals surface area contributed by atoms with Crippen LogP contribution in [0.4, 0.5) is 0 Å². The number of nitrogens with one attached hydrogen (secondary N) is 1. The number of primary amides is 2. The van der Waals surface area contributed by atoms with Crippen LogP contribution in [0.1, 0.15) is 6.42 Å². The quantitative estimate of drug-likeness (QED) is 0.0399. The summed E-state index contributed by atoms with van der Waals surface area (Å²) >= 11 is 0. The highest BCUT2D eigenvalue weighted by atomic mass is 16.8. The number of nitrogens with two attached hydrogens (primary N) is 2. The standard InChI is InChI=1S/C35H63N5O25/c36-17(44)7-39(8-18(37)45)9-19(46)38-40(2-5-58-32-27(54)25(52)21(48)14(10-42)62-32)3-6-59-34-30(57)31(65-35-29(56)24(51)20(47)13(61-35)1-4-41)23(50)16(64-34)12-60-33-28(55)26(53)22(49)15(11-43)63-33/h13-16,20-35,41-43,47-57H,1-12H2,(H2,36,44)(H2,37,45)(H,38,46)/t13-,14-,15-,16-,20-,21-,22-,23-,24+,25+,26+,27+,28+,29+,30+,31+,32+,33+,34+,35-/m1/s1. The molecule has 30 heteroatoms. The summed E-state index contributed by atoms with van der Waals surface area (Å²) in [6.45, 7) is -6.04. The fraction of sp³-hybridized carbons (Fsp3) is 0.914. The Morgan fingerprint density at radius 1 is 0.508 bits per heavy atom. The van der Waals surface area contributed by atoms with Crippen LogP contribution < -0.4 is 16.9 Å². The predicted molar refractivity (Wildman–Crippen MR) is 204 cm³/mol. The van der Waals surface area contributed by atoms with Crippen molar-refractivity contribution in [2.45, 2.75) is 129 Å². The molecule has 0 aliphatic carbocycles. The third-order valence-electron chi connectivity index (χ3n) is 10.8. The van der Waals surface area contributed by atoms with E-state index in [2.05, 4.69) is 5.43 Å². The first kappa shape index (κ1) is 55.0. The molecular formula is C35H63N5O25. The minimum absolute atomic E-state index is 0.236. The van der Waals surface area contributed by atoms with Crippen molar-refractivity contribution in [1.82, 2.24) is 15.3 Å². The van der Waals surface area contributed by atoms with Crippen LogP contribution in [-0.4, -0.2) is 294 Å². The molecule has 0 saturated carbocycles. The fourth-order valence-electron chi connectivity index (χ4n) is 7.29. The number of aliphatic hydroxyl groups excluding tert-OH is 14. The van der Waals surface area contributed by atoms with Gasteiger partial charge in [0.05, 0.1) is 58.8 Å². The van der Waals surface area contributed by atoms with Crippen molar-refractivity contribution < 1.29 is 124 Å². The Kier molecular flexibility index (Phi) is 21.8. The van der Waals surface area contributed by atoms with Crippen LogP contribution in [0, 0.1) is 0 Å². The molecule has 0 bridgehead atoms. The zero-order chi connectivity index (χ0) is 48.3. The second-order valence-electron chi connectivity index (χ2n) is 15.7. The highest BCUT2D eigenvalue weighted by molar-refractivity contribution is 5.82.